The first-order valence-electron chi connectivity index (χ1n) is 7.96. The quantitative estimate of drug-likeness (QED) is 0.845. The molecule has 1 aliphatic heterocycles. The fourth-order valence-electron chi connectivity index (χ4n) is 3.03. The second kappa shape index (κ2) is 7.00. The van der Waals surface area contributed by atoms with Crippen LogP contribution in [0.3, 0.4) is 0 Å². The first-order valence-corrected chi connectivity index (χ1v) is 7.96. The summed E-state index contributed by atoms with van der Waals surface area (Å²) in [6.07, 6.45) is 2.54. The molecule has 2 aromatic rings. The molecule has 2 heterocycles. The van der Waals surface area contributed by atoms with Gasteiger partial charge in [-0.2, -0.15) is 0 Å². The minimum absolute atomic E-state index is 0.506. The molecule has 0 amide bonds. The molecule has 1 fully saturated rings. The number of likely N-dealkylation sites (tertiary alicyclic amines) is 1. The topological polar surface area (TPSA) is 60.6 Å². The lowest BCUT2D eigenvalue weighted by Crippen LogP contribution is -2.33. The Hall–Kier alpha value is -2.08. The zero-order valence-electron chi connectivity index (χ0n) is 13.9. The van der Waals surface area contributed by atoms with E-state index < -0.39 is 0 Å². The SMILES string of the molecule is COc1ccc(-c2nnc(CN3CCCC(C)C3)o2)cc1OC. The predicted molar refractivity (Wildman–Crippen MR) is 86.5 cm³/mol. The first-order chi connectivity index (χ1) is 11.2. The van der Waals surface area contributed by atoms with E-state index in [4.69, 9.17) is 13.9 Å². The largest absolute Gasteiger partial charge is 0.493 e. The number of aromatic nitrogens is 2. The van der Waals surface area contributed by atoms with Gasteiger partial charge in [0, 0.05) is 12.1 Å². The normalized spacial score (nSPS) is 18.8. The standard InChI is InChI=1S/C17H23N3O3/c1-12-5-4-8-20(10-12)11-16-18-19-17(23-16)13-6-7-14(21-2)15(9-13)22-3/h6-7,9,12H,4-5,8,10-11H2,1-3H3. The number of piperidine rings is 1. The fraction of sp³-hybridized carbons (Fsp3) is 0.529. The van der Waals surface area contributed by atoms with Crippen molar-refractivity contribution in [2.24, 2.45) is 5.92 Å². The van der Waals surface area contributed by atoms with Crippen molar-refractivity contribution in [2.75, 3.05) is 27.3 Å². The molecule has 1 atom stereocenters. The molecule has 0 saturated carbocycles. The minimum atomic E-state index is 0.506. The Morgan fingerprint density at radius 1 is 1.22 bits per heavy atom. The first kappa shape index (κ1) is 15.8. The van der Waals surface area contributed by atoms with E-state index in [0.29, 0.717) is 29.8 Å². The molecule has 0 N–H and O–H groups in total. The Balaban J connectivity index is 1.74. The molecule has 0 spiro atoms. The van der Waals surface area contributed by atoms with Crippen LogP contribution in [0.5, 0.6) is 11.5 Å². The number of methoxy groups -OCH3 is 2. The summed E-state index contributed by atoms with van der Waals surface area (Å²) in [6.45, 7) is 5.19. The molecular weight excluding hydrogens is 294 g/mol. The van der Waals surface area contributed by atoms with E-state index in [9.17, 15) is 0 Å². The lowest BCUT2D eigenvalue weighted by Gasteiger charge is -2.29. The maximum Gasteiger partial charge on any atom is 0.247 e. The van der Waals surface area contributed by atoms with E-state index >= 15 is 0 Å². The van der Waals surface area contributed by atoms with Gasteiger partial charge < -0.3 is 13.9 Å². The highest BCUT2D eigenvalue weighted by atomic mass is 16.5. The highest BCUT2D eigenvalue weighted by molar-refractivity contribution is 5.59. The number of rotatable bonds is 5. The molecule has 0 aliphatic carbocycles. The summed E-state index contributed by atoms with van der Waals surface area (Å²) in [6, 6.07) is 5.57. The van der Waals surface area contributed by atoms with Crippen LogP contribution < -0.4 is 9.47 Å². The smallest absolute Gasteiger partial charge is 0.247 e. The summed E-state index contributed by atoms with van der Waals surface area (Å²) < 4.78 is 16.4. The summed E-state index contributed by atoms with van der Waals surface area (Å²) >= 11 is 0. The van der Waals surface area contributed by atoms with Gasteiger partial charge in [0.05, 0.1) is 20.8 Å². The van der Waals surface area contributed by atoms with Gasteiger partial charge in [-0.25, -0.2) is 0 Å². The van der Waals surface area contributed by atoms with Crippen molar-refractivity contribution in [2.45, 2.75) is 26.3 Å². The number of hydrogen-bond acceptors (Lipinski definition) is 6. The fourth-order valence-corrected chi connectivity index (χ4v) is 3.03. The zero-order chi connectivity index (χ0) is 16.2. The Kier molecular flexibility index (Phi) is 4.81. The van der Waals surface area contributed by atoms with Crippen molar-refractivity contribution in [3.05, 3.63) is 24.1 Å². The summed E-state index contributed by atoms with van der Waals surface area (Å²) in [5.41, 5.74) is 0.827. The molecule has 124 valence electrons. The lowest BCUT2D eigenvalue weighted by molar-refractivity contribution is 0.163. The molecular formula is C17H23N3O3. The molecule has 1 aromatic heterocycles. The Labute approximate surface area is 136 Å². The van der Waals surface area contributed by atoms with Gasteiger partial charge in [0.25, 0.3) is 0 Å². The van der Waals surface area contributed by atoms with Crippen LogP contribution in [0.1, 0.15) is 25.7 Å². The van der Waals surface area contributed by atoms with E-state index in [-0.39, 0.29) is 0 Å². The number of ether oxygens (including phenoxy) is 2. The second-order valence-electron chi connectivity index (χ2n) is 6.05. The Morgan fingerprint density at radius 2 is 2.04 bits per heavy atom. The minimum Gasteiger partial charge on any atom is -0.493 e. The summed E-state index contributed by atoms with van der Waals surface area (Å²) in [5.74, 6) is 3.22. The van der Waals surface area contributed by atoms with Crippen LogP contribution in [0.15, 0.2) is 22.6 Å². The van der Waals surface area contributed by atoms with E-state index in [1.54, 1.807) is 14.2 Å². The molecule has 6 heteroatoms. The third-order valence-corrected chi connectivity index (χ3v) is 4.20. The van der Waals surface area contributed by atoms with Crippen molar-refractivity contribution in [3.63, 3.8) is 0 Å². The van der Waals surface area contributed by atoms with Crippen LogP contribution in [0.25, 0.3) is 11.5 Å². The maximum absolute atomic E-state index is 5.82. The van der Waals surface area contributed by atoms with Crippen LogP contribution in [0.4, 0.5) is 0 Å². The number of nitrogens with zero attached hydrogens (tertiary/aromatic N) is 3. The molecule has 1 aliphatic rings. The van der Waals surface area contributed by atoms with Crippen molar-refractivity contribution < 1.29 is 13.9 Å². The van der Waals surface area contributed by atoms with Gasteiger partial charge in [0.2, 0.25) is 11.8 Å². The zero-order valence-corrected chi connectivity index (χ0v) is 13.9. The summed E-state index contributed by atoms with van der Waals surface area (Å²) in [5, 5.41) is 8.34. The van der Waals surface area contributed by atoms with Crippen LogP contribution in [-0.2, 0) is 6.54 Å². The number of hydrogen-bond donors (Lipinski definition) is 0. The van der Waals surface area contributed by atoms with Crippen molar-refractivity contribution in [1.29, 1.82) is 0 Å². The third-order valence-electron chi connectivity index (χ3n) is 4.20. The summed E-state index contributed by atoms with van der Waals surface area (Å²) in [4.78, 5) is 2.38. The number of benzene rings is 1. The molecule has 6 nitrogen and oxygen atoms in total. The van der Waals surface area contributed by atoms with Gasteiger partial charge >= 0.3 is 0 Å². The molecule has 0 bridgehead atoms. The average molecular weight is 317 g/mol. The van der Waals surface area contributed by atoms with Crippen molar-refractivity contribution in [3.8, 4) is 23.0 Å². The van der Waals surface area contributed by atoms with Gasteiger partial charge in [-0.1, -0.05) is 6.92 Å². The molecule has 0 radical (unpaired) electrons. The Morgan fingerprint density at radius 3 is 2.78 bits per heavy atom. The van der Waals surface area contributed by atoms with Gasteiger partial charge in [-0.15, -0.1) is 10.2 Å². The highest BCUT2D eigenvalue weighted by Gasteiger charge is 2.19. The molecule has 1 unspecified atom stereocenters. The van der Waals surface area contributed by atoms with Gasteiger partial charge in [-0.05, 0) is 43.5 Å². The van der Waals surface area contributed by atoms with Crippen LogP contribution in [0.2, 0.25) is 0 Å². The van der Waals surface area contributed by atoms with Gasteiger partial charge in [0.1, 0.15) is 0 Å². The van der Waals surface area contributed by atoms with E-state index in [1.165, 1.54) is 12.8 Å². The van der Waals surface area contributed by atoms with Gasteiger partial charge in [-0.3, -0.25) is 4.90 Å². The molecule has 23 heavy (non-hydrogen) atoms. The molecule has 1 saturated heterocycles. The van der Waals surface area contributed by atoms with Crippen LogP contribution in [0, 0.1) is 5.92 Å². The lowest BCUT2D eigenvalue weighted by atomic mass is 10.0. The van der Waals surface area contributed by atoms with Gasteiger partial charge in [0.15, 0.2) is 11.5 Å². The average Bonchev–Trinajstić information content (AvgIpc) is 3.02. The van der Waals surface area contributed by atoms with E-state index in [1.807, 2.05) is 18.2 Å². The van der Waals surface area contributed by atoms with Crippen LogP contribution in [-0.4, -0.2) is 42.4 Å². The molecule has 1 aromatic carbocycles. The van der Waals surface area contributed by atoms with Crippen molar-refractivity contribution in [1.82, 2.24) is 15.1 Å². The maximum atomic E-state index is 5.82. The predicted octanol–water partition coefficient (Wildman–Crippen LogP) is 2.99. The van der Waals surface area contributed by atoms with E-state index in [0.717, 1.165) is 24.6 Å². The van der Waals surface area contributed by atoms with Crippen molar-refractivity contribution >= 4 is 0 Å². The Bertz CT molecular complexity index is 656. The summed E-state index contributed by atoms with van der Waals surface area (Å²) in [7, 11) is 3.22. The molecule has 3 rings (SSSR count). The highest BCUT2D eigenvalue weighted by Crippen LogP contribution is 2.31. The van der Waals surface area contributed by atoms with Crippen LogP contribution >= 0.6 is 0 Å². The third kappa shape index (κ3) is 3.64. The second-order valence-corrected chi connectivity index (χ2v) is 6.05. The monoisotopic (exact) mass is 317 g/mol. The van der Waals surface area contributed by atoms with E-state index in [2.05, 4.69) is 22.0 Å².